The molecule has 1 aliphatic heterocycles. The number of carbonyl (C=O) groups excluding carboxylic acids is 1. The van der Waals surface area contributed by atoms with Gasteiger partial charge in [0.05, 0.1) is 29.7 Å². The second-order valence-corrected chi connectivity index (χ2v) is 7.06. The number of ether oxygens (including phenoxy) is 1. The van der Waals surface area contributed by atoms with Crippen LogP contribution in [0, 0.1) is 12.8 Å². The van der Waals surface area contributed by atoms with E-state index in [4.69, 9.17) is 4.74 Å². The molecule has 7 heteroatoms. The number of carbonyl (C=O) groups is 1. The van der Waals surface area contributed by atoms with Crippen molar-refractivity contribution in [3.05, 3.63) is 48.2 Å². The quantitative estimate of drug-likeness (QED) is 0.718. The zero-order chi connectivity index (χ0) is 18.8. The van der Waals surface area contributed by atoms with Gasteiger partial charge in [-0.1, -0.05) is 0 Å². The Morgan fingerprint density at radius 1 is 1.30 bits per heavy atom. The van der Waals surface area contributed by atoms with Gasteiger partial charge in [-0.2, -0.15) is 5.10 Å². The highest BCUT2D eigenvalue weighted by molar-refractivity contribution is 5.84. The van der Waals surface area contributed by atoms with Gasteiger partial charge in [0.15, 0.2) is 0 Å². The molecule has 3 aromatic rings. The Bertz CT molecular complexity index is 968. The van der Waals surface area contributed by atoms with E-state index in [1.807, 2.05) is 36.0 Å². The molecule has 7 nitrogen and oxygen atoms in total. The Balaban J connectivity index is 1.50. The van der Waals surface area contributed by atoms with E-state index in [0.29, 0.717) is 12.8 Å². The number of nitrogens with zero attached hydrogens (tertiary/aromatic N) is 4. The molecule has 0 bridgehead atoms. The van der Waals surface area contributed by atoms with Gasteiger partial charge in [0.25, 0.3) is 0 Å². The summed E-state index contributed by atoms with van der Waals surface area (Å²) >= 11 is 0. The van der Waals surface area contributed by atoms with Gasteiger partial charge in [-0.15, -0.1) is 0 Å². The van der Waals surface area contributed by atoms with Gasteiger partial charge in [0.1, 0.15) is 5.78 Å². The van der Waals surface area contributed by atoms with Gasteiger partial charge in [0.2, 0.25) is 0 Å². The molecule has 0 amide bonds. The van der Waals surface area contributed by atoms with Gasteiger partial charge in [0, 0.05) is 61.9 Å². The number of pyridine rings is 2. The van der Waals surface area contributed by atoms with E-state index in [1.165, 1.54) is 0 Å². The summed E-state index contributed by atoms with van der Waals surface area (Å²) in [5.74, 6) is 0.429. The smallest absolute Gasteiger partial charge is 0.139 e. The average Bonchev–Trinajstić information content (AvgIpc) is 3.27. The van der Waals surface area contributed by atoms with Crippen molar-refractivity contribution >= 4 is 16.7 Å². The van der Waals surface area contributed by atoms with E-state index in [1.54, 1.807) is 19.5 Å². The number of ketones is 1. The molecule has 0 saturated carbocycles. The van der Waals surface area contributed by atoms with Gasteiger partial charge in [-0.3, -0.25) is 14.8 Å². The van der Waals surface area contributed by atoms with Crippen molar-refractivity contribution in [1.29, 1.82) is 0 Å². The lowest BCUT2D eigenvalue weighted by Gasteiger charge is -2.15. The molecule has 4 rings (SSSR count). The van der Waals surface area contributed by atoms with Crippen LogP contribution in [0.15, 0.2) is 36.8 Å². The van der Waals surface area contributed by atoms with Crippen molar-refractivity contribution in [1.82, 2.24) is 25.1 Å². The summed E-state index contributed by atoms with van der Waals surface area (Å²) in [4.78, 5) is 21.2. The molecule has 27 heavy (non-hydrogen) atoms. The monoisotopic (exact) mass is 365 g/mol. The largest absolute Gasteiger partial charge is 0.380 e. The molecule has 1 N–H and O–H groups in total. The minimum Gasteiger partial charge on any atom is -0.380 e. The van der Waals surface area contributed by atoms with Gasteiger partial charge in [-0.05, 0) is 25.1 Å². The SMILES string of the molecule is CO[C@H]1CNC[C@@H]1CC(=O)Cc1cc2cnn(-c3ccnc(C)c3)c2cn1. The van der Waals surface area contributed by atoms with Crippen LogP contribution in [-0.2, 0) is 16.0 Å². The molecule has 3 aromatic heterocycles. The number of rotatable bonds is 6. The number of Topliss-reactive ketones (excluding diaryl/α,β-unsaturated/α-hetero) is 1. The van der Waals surface area contributed by atoms with E-state index >= 15 is 0 Å². The second-order valence-electron chi connectivity index (χ2n) is 7.06. The van der Waals surface area contributed by atoms with Crippen LogP contribution in [-0.4, -0.2) is 51.8 Å². The van der Waals surface area contributed by atoms with Crippen LogP contribution >= 0.6 is 0 Å². The summed E-state index contributed by atoms with van der Waals surface area (Å²) in [5.41, 5.74) is 3.57. The van der Waals surface area contributed by atoms with Crippen LogP contribution in [0.25, 0.3) is 16.6 Å². The Morgan fingerprint density at radius 2 is 2.19 bits per heavy atom. The van der Waals surface area contributed by atoms with Gasteiger partial charge >= 0.3 is 0 Å². The van der Waals surface area contributed by atoms with Crippen molar-refractivity contribution in [2.75, 3.05) is 20.2 Å². The highest BCUT2D eigenvalue weighted by Crippen LogP contribution is 2.20. The lowest BCUT2D eigenvalue weighted by Crippen LogP contribution is -2.24. The second kappa shape index (κ2) is 7.54. The Kier molecular flexibility index (Phi) is 4.96. The van der Waals surface area contributed by atoms with Crippen LogP contribution in [0.4, 0.5) is 0 Å². The minimum absolute atomic E-state index is 0.117. The molecule has 0 aliphatic carbocycles. The number of nitrogens with one attached hydrogen (secondary N) is 1. The molecule has 0 radical (unpaired) electrons. The fourth-order valence-corrected chi connectivity index (χ4v) is 3.69. The normalized spacial score (nSPS) is 19.6. The number of hydrogen-bond acceptors (Lipinski definition) is 6. The molecule has 0 aromatic carbocycles. The number of hydrogen-bond donors (Lipinski definition) is 1. The summed E-state index contributed by atoms with van der Waals surface area (Å²) in [6.07, 6.45) is 6.33. The molecule has 0 unspecified atom stereocenters. The predicted molar refractivity (Wildman–Crippen MR) is 102 cm³/mol. The lowest BCUT2D eigenvalue weighted by molar-refractivity contribution is -0.120. The fraction of sp³-hybridized carbons (Fsp3) is 0.400. The first kappa shape index (κ1) is 17.8. The summed E-state index contributed by atoms with van der Waals surface area (Å²) < 4.78 is 7.28. The maximum atomic E-state index is 12.5. The maximum absolute atomic E-state index is 12.5. The van der Waals surface area contributed by atoms with Crippen LogP contribution in [0.5, 0.6) is 0 Å². The van der Waals surface area contributed by atoms with Gasteiger partial charge < -0.3 is 10.1 Å². The molecule has 1 fully saturated rings. The summed E-state index contributed by atoms with van der Waals surface area (Å²) in [7, 11) is 1.70. The Morgan fingerprint density at radius 3 is 3.00 bits per heavy atom. The first-order valence-corrected chi connectivity index (χ1v) is 9.15. The van der Waals surface area contributed by atoms with Gasteiger partial charge in [-0.25, -0.2) is 4.68 Å². The highest BCUT2D eigenvalue weighted by atomic mass is 16.5. The Hall–Kier alpha value is -2.64. The van der Waals surface area contributed by atoms with E-state index in [-0.39, 0.29) is 17.8 Å². The van der Waals surface area contributed by atoms with Crippen LogP contribution in [0.2, 0.25) is 0 Å². The average molecular weight is 365 g/mol. The minimum atomic E-state index is 0.117. The Labute approximate surface area is 157 Å². The third-order valence-electron chi connectivity index (χ3n) is 5.08. The molecular weight excluding hydrogens is 342 g/mol. The molecule has 1 aliphatic rings. The van der Waals surface area contributed by atoms with E-state index in [0.717, 1.165) is 41.1 Å². The first-order valence-electron chi connectivity index (χ1n) is 9.15. The third kappa shape index (κ3) is 3.74. The summed E-state index contributed by atoms with van der Waals surface area (Å²) in [6.45, 7) is 3.59. The molecule has 0 spiro atoms. The summed E-state index contributed by atoms with van der Waals surface area (Å²) in [5, 5.41) is 8.72. The van der Waals surface area contributed by atoms with Crippen LogP contribution in [0.3, 0.4) is 0 Å². The van der Waals surface area contributed by atoms with Crippen molar-refractivity contribution in [3.63, 3.8) is 0 Å². The van der Waals surface area contributed by atoms with E-state index in [9.17, 15) is 4.79 Å². The lowest BCUT2D eigenvalue weighted by atomic mass is 9.97. The fourth-order valence-electron chi connectivity index (χ4n) is 3.69. The van der Waals surface area contributed by atoms with Crippen LogP contribution < -0.4 is 5.32 Å². The molecule has 2 atom stereocenters. The topological polar surface area (TPSA) is 81.9 Å². The van der Waals surface area contributed by atoms with Crippen molar-refractivity contribution < 1.29 is 9.53 Å². The van der Waals surface area contributed by atoms with Crippen LogP contribution in [0.1, 0.15) is 17.8 Å². The highest BCUT2D eigenvalue weighted by Gasteiger charge is 2.28. The molecular formula is C20H23N5O2. The zero-order valence-electron chi connectivity index (χ0n) is 15.6. The molecule has 4 heterocycles. The number of fused-ring (bicyclic) bond motifs is 1. The predicted octanol–water partition coefficient (Wildman–Crippen LogP) is 1.86. The zero-order valence-corrected chi connectivity index (χ0v) is 15.6. The van der Waals surface area contributed by atoms with E-state index < -0.39 is 0 Å². The number of aryl methyl sites for hydroxylation is 1. The first-order chi connectivity index (χ1) is 13.1. The molecule has 140 valence electrons. The van der Waals surface area contributed by atoms with Crippen molar-refractivity contribution in [2.24, 2.45) is 5.92 Å². The van der Waals surface area contributed by atoms with E-state index in [2.05, 4.69) is 20.4 Å². The van der Waals surface area contributed by atoms with Crippen molar-refractivity contribution in [2.45, 2.75) is 25.9 Å². The maximum Gasteiger partial charge on any atom is 0.139 e. The third-order valence-corrected chi connectivity index (χ3v) is 5.08. The standard InChI is InChI=1S/C20H23N5O2/c1-13-5-17(3-4-22-13)25-19-11-23-16(6-14(19)10-24-25)8-18(26)7-15-9-21-12-20(15)27-2/h3-6,10-11,15,20-21H,7-9,12H2,1-2H3/t15-,20-/m0/s1. The molecule has 1 saturated heterocycles. The number of methoxy groups -OCH3 is 1. The summed E-state index contributed by atoms with van der Waals surface area (Å²) in [6, 6.07) is 5.84. The number of aromatic nitrogens is 4. The van der Waals surface area contributed by atoms with Crippen molar-refractivity contribution in [3.8, 4) is 5.69 Å².